The number of aryl methyl sites for hydroxylation is 1. The number of nitrogens with zero attached hydrogens (tertiary/aromatic N) is 1. The Morgan fingerprint density at radius 1 is 1.38 bits per heavy atom. The molecule has 1 aliphatic rings. The van der Waals surface area contributed by atoms with Crippen molar-refractivity contribution < 1.29 is 14.3 Å². The van der Waals surface area contributed by atoms with E-state index in [1.165, 1.54) is 13.5 Å². The van der Waals surface area contributed by atoms with Crippen molar-refractivity contribution in [2.75, 3.05) is 26.7 Å². The number of likely N-dealkylation sites (tertiary alicyclic amines) is 1. The van der Waals surface area contributed by atoms with Crippen LogP contribution in [0.5, 0.6) is 0 Å². The minimum Gasteiger partial charge on any atom is -0.465 e. The number of H-pyrrole nitrogens is 1. The maximum atomic E-state index is 12.5. The lowest BCUT2D eigenvalue weighted by molar-refractivity contribution is 0.0599. The van der Waals surface area contributed by atoms with Crippen LogP contribution in [0, 0.1) is 19.8 Å². The number of nitrogens with one attached hydrogen (secondary N) is 2. The molecule has 1 aliphatic heterocycles. The van der Waals surface area contributed by atoms with Gasteiger partial charge in [0.05, 0.1) is 12.7 Å². The Kier molecular flexibility index (Phi) is 6.04. The van der Waals surface area contributed by atoms with Crippen molar-refractivity contribution in [2.24, 2.45) is 5.92 Å². The molecule has 2 heterocycles. The Morgan fingerprint density at radius 2 is 2.08 bits per heavy atom. The summed E-state index contributed by atoms with van der Waals surface area (Å²) in [7, 11) is 1.34. The van der Waals surface area contributed by atoms with Gasteiger partial charge in [0.25, 0.3) is 5.91 Å². The van der Waals surface area contributed by atoms with Gasteiger partial charge in [-0.15, -0.1) is 0 Å². The molecule has 2 rings (SSSR count). The number of esters is 1. The van der Waals surface area contributed by atoms with Crippen LogP contribution in [0.15, 0.2) is 0 Å². The van der Waals surface area contributed by atoms with Gasteiger partial charge in [-0.3, -0.25) is 4.79 Å². The number of rotatable bonds is 5. The molecule has 6 nitrogen and oxygen atoms in total. The zero-order valence-electron chi connectivity index (χ0n) is 15.4. The quantitative estimate of drug-likeness (QED) is 0.810. The van der Waals surface area contributed by atoms with Crippen molar-refractivity contribution in [3.05, 3.63) is 22.5 Å². The largest absolute Gasteiger partial charge is 0.465 e. The molecule has 6 heteroatoms. The number of ether oxygens (including phenoxy) is 1. The van der Waals surface area contributed by atoms with E-state index in [-0.39, 0.29) is 5.91 Å². The van der Waals surface area contributed by atoms with Gasteiger partial charge in [0, 0.05) is 24.8 Å². The smallest absolute Gasteiger partial charge is 0.339 e. The number of piperidine rings is 1. The van der Waals surface area contributed by atoms with Crippen LogP contribution >= 0.6 is 0 Å². The molecular formula is C18H29N3O3. The molecule has 1 amide bonds. The third-order valence-corrected chi connectivity index (χ3v) is 4.89. The molecule has 1 atom stereocenters. The summed E-state index contributed by atoms with van der Waals surface area (Å²) in [5.41, 5.74) is 2.20. The fourth-order valence-electron chi connectivity index (χ4n) is 3.44. The molecule has 0 aliphatic carbocycles. The molecular weight excluding hydrogens is 306 g/mol. The fraction of sp³-hybridized carbons (Fsp3) is 0.667. The molecule has 1 fully saturated rings. The Hall–Kier alpha value is -1.82. The van der Waals surface area contributed by atoms with Gasteiger partial charge in [-0.1, -0.05) is 0 Å². The molecule has 2 N–H and O–H groups in total. The van der Waals surface area contributed by atoms with E-state index in [4.69, 9.17) is 4.74 Å². The van der Waals surface area contributed by atoms with Gasteiger partial charge in [0.1, 0.15) is 5.69 Å². The number of aromatic nitrogens is 1. The molecule has 0 unspecified atom stereocenters. The summed E-state index contributed by atoms with van der Waals surface area (Å²) >= 11 is 0. The minimum absolute atomic E-state index is 0.160. The van der Waals surface area contributed by atoms with Crippen molar-refractivity contribution in [2.45, 2.75) is 46.6 Å². The number of carbonyl (C=O) groups excluding carboxylic acids is 2. The number of amides is 1. The molecule has 0 saturated carbocycles. The summed E-state index contributed by atoms with van der Waals surface area (Å²) in [6.45, 7) is 10.8. The second-order valence-electron chi connectivity index (χ2n) is 6.92. The van der Waals surface area contributed by atoms with E-state index in [0.717, 1.165) is 19.5 Å². The lowest BCUT2D eigenvalue weighted by atomic mass is 9.97. The Balaban J connectivity index is 1.99. The average Bonchev–Trinajstić information content (AvgIpc) is 2.87. The second kappa shape index (κ2) is 7.83. The Bertz CT molecular complexity index is 607. The number of aromatic amines is 1. The van der Waals surface area contributed by atoms with E-state index in [2.05, 4.69) is 29.0 Å². The first-order valence-electron chi connectivity index (χ1n) is 8.64. The molecule has 1 aromatic rings. The van der Waals surface area contributed by atoms with E-state index in [9.17, 15) is 9.59 Å². The topological polar surface area (TPSA) is 74.4 Å². The van der Waals surface area contributed by atoms with E-state index in [1.807, 2.05) is 0 Å². The van der Waals surface area contributed by atoms with E-state index < -0.39 is 5.97 Å². The maximum Gasteiger partial charge on any atom is 0.339 e. The van der Waals surface area contributed by atoms with Gasteiger partial charge in [-0.05, 0) is 58.6 Å². The lowest BCUT2D eigenvalue weighted by Gasteiger charge is -2.35. The third-order valence-electron chi connectivity index (χ3n) is 4.89. The second-order valence-corrected chi connectivity index (χ2v) is 6.92. The van der Waals surface area contributed by atoms with Crippen molar-refractivity contribution in [1.82, 2.24) is 15.2 Å². The monoisotopic (exact) mass is 335 g/mol. The van der Waals surface area contributed by atoms with Gasteiger partial charge in [-0.2, -0.15) is 0 Å². The van der Waals surface area contributed by atoms with Gasteiger partial charge in [-0.25, -0.2) is 4.79 Å². The number of methoxy groups -OCH3 is 1. The first-order valence-corrected chi connectivity index (χ1v) is 8.64. The average molecular weight is 335 g/mol. The van der Waals surface area contributed by atoms with Crippen LogP contribution in [0.1, 0.15) is 58.8 Å². The van der Waals surface area contributed by atoms with Gasteiger partial charge in [0.15, 0.2) is 0 Å². The summed E-state index contributed by atoms with van der Waals surface area (Å²) in [6.07, 6.45) is 2.31. The predicted octanol–water partition coefficient (Wildman–Crippen LogP) is 2.27. The Labute approximate surface area is 143 Å². The first kappa shape index (κ1) is 18.5. The molecule has 0 bridgehead atoms. The maximum absolute atomic E-state index is 12.5. The summed E-state index contributed by atoms with van der Waals surface area (Å²) in [5, 5.41) is 3.02. The molecule has 0 radical (unpaired) electrons. The molecule has 134 valence electrons. The van der Waals surface area contributed by atoms with Crippen molar-refractivity contribution in [1.29, 1.82) is 0 Å². The highest BCUT2D eigenvalue weighted by molar-refractivity contribution is 6.00. The summed E-state index contributed by atoms with van der Waals surface area (Å²) in [6, 6.07) is 0.541. The number of carbonyl (C=O) groups is 2. The van der Waals surface area contributed by atoms with Crippen LogP contribution in [0.25, 0.3) is 0 Å². The third kappa shape index (κ3) is 3.98. The zero-order chi connectivity index (χ0) is 17.9. The van der Waals surface area contributed by atoms with Crippen LogP contribution in [0.3, 0.4) is 0 Å². The SMILES string of the molecule is COC(=O)c1c(C)[nH]c(C(=O)NC[C@H]2CCCN(C(C)C)C2)c1C. The van der Waals surface area contributed by atoms with Gasteiger partial charge in [0.2, 0.25) is 0 Å². The molecule has 0 aromatic carbocycles. The van der Waals surface area contributed by atoms with Crippen LogP contribution < -0.4 is 5.32 Å². The minimum atomic E-state index is -0.417. The zero-order valence-corrected chi connectivity index (χ0v) is 15.4. The lowest BCUT2D eigenvalue weighted by Crippen LogP contribution is -2.43. The predicted molar refractivity (Wildman–Crippen MR) is 93.4 cm³/mol. The fourth-order valence-corrected chi connectivity index (χ4v) is 3.44. The van der Waals surface area contributed by atoms with E-state index >= 15 is 0 Å². The summed E-state index contributed by atoms with van der Waals surface area (Å²) in [5.74, 6) is -0.103. The standard InChI is InChI=1S/C18H29N3O3/c1-11(2)21-8-6-7-14(10-21)9-19-17(22)16-12(3)15(13(4)20-16)18(23)24-5/h11,14,20H,6-10H2,1-5H3,(H,19,22)/t14-/m1/s1. The molecule has 1 saturated heterocycles. The van der Waals surface area contributed by atoms with E-state index in [0.29, 0.717) is 41.0 Å². The van der Waals surface area contributed by atoms with Crippen LogP contribution in [0.2, 0.25) is 0 Å². The van der Waals surface area contributed by atoms with Crippen molar-refractivity contribution in [3.8, 4) is 0 Å². The van der Waals surface area contributed by atoms with Crippen LogP contribution in [0.4, 0.5) is 0 Å². The van der Waals surface area contributed by atoms with Gasteiger partial charge >= 0.3 is 5.97 Å². The van der Waals surface area contributed by atoms with Crippen LogP contribution in [-0.2, 0) is 4.74 Å². The van der Waals surface area contributed by atoms with E-state index in [1.54, 1.807) is 13.8 Å². The number of hydrogen-bond donors (Lipinski definition) is 2. The summed E-state index contributed by atoms with van der Waals surface area (Å²) < 4.78 is 4.78. The first-order chi connectivity index (χ1) is 11.3. The Morgan fingerprint density at radius 3 is 2.71 bits per heavy atom. The highest BCUT2D eigenvalue weighted by Crippen LogP contribution is 2.20. The van der Waals surface area contributed by atoms with Crippen molar-refractivity contribution >= 4 is 11.9 Å². The van der Waals surface area contributed by atoms with Gasteiger partial charge < -0.3 is 19.9 Å². The molecule has 1 aromatic heterocycles. The highest BCUT2D eigenvalue weighted by atomic mass is 16.5. The molecule has 24 heavy (non-hydrogen) atoms. The molecule has 0 spiro atoms. The number of hydrogen-bond acceptors (Lipinski definition) is 4. The summed E-state index contributed by atoms with van der Waals surface area (Å²) in [4.78, 5) is 29.8. The normalized spacial score (nSPS) is 18.7. The van der Waals surface area contributed by atoms with Crippen LogP contribution in [-0.4, -0.2) is 54.5 Å². The highest BCUT2D eigenvalue weighted by Gasteiger charge is 2.25. The van der Waals surface area contributed by atoms with Crippen molar-refractivity contribution in [3.63, 3.8) is 0 Å².